The number of carboxylic acids is 1. The Hall–Kier alpha value is -2.42. The molecule has 26 heavy (non-hydrogen) atoms. The third-order valence-electron chi connectivity index (χ3n) is 3.59. The number of aryl methyl sites for hydroxylation is 1. The molecule has 0 bridgehead atoms. The van der Waals surface area contributed by atoms with E-state index in [0.29, 0.717) is 25.3 Å². The Balaban J connectivity index is 1.89. The van der Waals surface area contributed by atoms with Gasteiger partial charge in [-0.15, -0.1) is 10.2 Å². The third kappa shape index (κ3) is 5.29. The minimum absolute atomic E-state index is 0.0949. The van der Waals surface area contributed by atoms with Crippen LogP contribution in [0.25, 0.3) is 0 Å². The quantitative estimate of drug-likeness (QED) is 0.509. The zero-order valence-electron chi connectivity index (χ0n) is 15.1. The number of nitrogens with one attached hydrogen (secondary N) is 1. The van der Waals surface area contributed by atoms with Crippen LogP contribution in [-0.4, -0.2) is 49.5 Å². The van der Waals surface area contributed by atoms with Crippen LogP contribution in [0.3, 0.4) is 0 Å². The average molecular weight is 377 g/mol. The standard InChI is InChI=1S/C17H23N5O3S/c1-11(2)10-22-14(20-21-17(22)26-3)8-5-9-18-15(23)12-6-4-7-13(19-12)16(24)25/h4,6-7,11H,5,8-10H2,1-3H3,(H,18,23)(H,24,25). The smallest absolute Gasteiger partial charge is 0.354 e. The molecule has 0 unspecified atom stereocenters. The lowest BCUT2D eigenvalue weighted by molar-refractivity contribution is 0.0690. The van der Waals surface area contributed by atoms with Gasteiger partial charge in [-0.1, -0.05) is 31.7 Å². The van der Waals surface area contributed by atoms with Crippen molar-refractivity contribution in [3.63, 3.8) is 0 Å². The lowest BCUT2D eigenvalue weighted by Crippen LogP contribution is -2.26. The van der Waals surface area contributed by atoms with Crippen molar-refractivity contribution in [2.45, 2.75) is 38.4 Å². The molecule has 0 aliphatic heterocycles. The first-order chi connectivity index (χ1) is 12.4. The minimum atomic E-state index is -1.16. The molecule has 2 rings (SSSR count). The van der Waals surface area contributed by atoms with Crippen molar-refractivity contribution in [1.82, 2.24) is 25.1 Å². The van der Waals surface area contributed by atoms with Crippen molar-refractivity contribution < 1.29 is 14.7 Å². The second kappa shape index (κ2) is 9.33. The van der Waals surface area contributed by atoms with Gasteiger partial charge in [0.15, 0.2) is 5.16 Å². The van der Waals surface area contributed by atoms with E-state index < -0.39 is 5.97 Å². The predicted molar refractivity (Wildman–Crippen MR) is 98.5 cm³/mol. The molecule has 0 saturated heterocycles. The molecule has 1 amide bonds. The number of carboxylic acid groups (broad SMARTS) is 1. The molecule has 0 radical (unpaired) electrons. The van der Waals surface area contributed by atoms with Gasteiger partial charge in [0, 0.05) is 19.5 Å². The van der Waals surface area contributed by atoms with Crippen molar-refractivity contribution in [2.24, 2.45) is 5.92 Å². The van der Waals surface area contributed by atoms with Crippen LogP contribution in [0.4, 0.5) is 0 Å². The summed E-state index contributed by atoms with van der Waals surface area (Å²) in [6.45, 7) is 5.59. The van der Waals surface area contributed by atoms with E-state index in [1.165, 1.54) is 18.2 Å². The molecule has 2 N–H and O–H groups in total. The van der Waals surface area contributed by atoms with E-state index in [-0.39, 0.29) is 17.3 Å². The van der Waals surface area contributed by atoms with Crippen LogP contribution in [0, 0.1) is 5.92 Å². The van der Waals surface area contributed by atoms with Gasteiger partial charge in [-0.25, -0.2) is 9.78 Å². The molecule has 0 saturated carbocycles. The third-order valence-corrected chi connectivity index (χ3v) is 4.25. The summed E-state index contributed by atoms with van der Waals surface area (Å²) in [7, 11) is 0. The first-order valence-corrected chi connectivity index (χ1v) is 9.59. The molecule has 2 heterocycles. The van der Waals surface area contributed by atoms with Crippen molar-refractivity contribution >= 4 is 23.6 Å². The average Bonchev–Trinajstić information content (AvgIpc) is 2.99. The normalized spacial score (nSPS) is 10.9. The number of carbonyl (C=O) groups is 2. The van der Waals surface area contributed by atoms with Gasteiger partial charge < -0.3 is 15.0 Å². The topological polar surface area (TPSA) is 110 Å². The molecule has 0 aliphatic carbocycles. The predicted octanol–water partition coefficient (Wildman–Crippen LogP) is 2.11. The molecular weight excluding hydrogens is 354 g/mol. The fourth-order valence-electron chi connectivity index (χ4n) is 2.42. The molecule has 0 aliphatic rings. The molecular formula is C17H23N5O3S. The van der Waals surface area contributed by atoms with Gasteiger partial charge in [-0.2, -0.15) is 0 Å². The van der Waals surface area contributed by atoms with Crippen LogP contribution >= 0.6 is 11.8 Å². The van der Waals surface area contributed by atoms with Gasteiger partial charge in [-0.05, 0) is 30.7 Å². The molecule has 2 aromatic heterocycles. The van der Waals surface area contributed by atoms with Crippen molar-refractivity contribution in [3.05, 3.63) is 35.4 Å². The summed E-state index contributed by atoms with van der Waals surface area (Å²) in [4.78, 5) is 26.8. The van der Waals surface area contributed by atoms with Gasteiger partial charge in [0.25, 0.3) is 5.91 Å². The first kappa shape index (κ1) is 19.9. The van der Waals surface area contributed by atoms with E-state index in [1.807, 2.05) is 6.26 Å². The van der Waals surface area contributed by atoms with Crippen LogP contribution < -0.4 is 5.32 Å². The summed E-state index contributed by atoms with van der Waals surface area (Å²) in [6, 6.07) is 4.35. The maximum atomic E-state index is 12.1. The molecule has 0 fully saturated rings. The Morgan fingerprint density at radius 3 is 2.65 bits per heavy atom. The summed E-state index contributed by atoms with van der Waals surface area (Å²) in [5.41, 5.74) is -0.0541. The number of thioether (sulfide) groups is 1. The number of rotatable bonds is 9. The molecule has 140 valence electrons. The van der Waals surface area contributed by atoms with Crippen LogP contribution in [0.1, 0.15) is 47.1 Å². The van der Waals surface area contributed by atoms with E-state index >= 15 is 0 Å². The van der Waals surface area contributed by atoms with Gasteiger partial charge in [0.05, 0.1) is 0 Å². The lowest BCUT2D eigenvalue weighted by Gasteiger charge is -2.11. The largest absolute Gasteiger partial charge is 0.477 e. The number of aromatic nitrogens is 4. The fraction of sp³-hybridized carbons (Fsp3) is 0.471. The minimum Gasteiger partial charge on any atom is -0.477 e. The van der Waals surface area contributed by atoms with Crippen LogP contribution in [0.2, 0.25) is 0 Å². The number of hydrogen-bond acceptors (Lipinski definition) is 6. The van der Waals surface area contributed by atoms with E-state index in [4.69, 9.17) is 5.11 Å². The molecule has 0 spiro atoms. The Kier molecular flexibility index (Phi) is 7.14. The zero-order chi connectivity index (χ0) is 19.1. The number of hydrogen-bond donors (Lipinski definition) is 2. The molecule has 2 aromatic rings. The number of pyridine rings is 1. The Bertz CT molecular complexity index is 776. The second-order valence-electron chi connectivity index (χ2n) is 6.18. The summed E-state index contributed by atoms with van der Waals surface area (Å²) >= 11 is 1.57. The van der Waals surface area contributed by atoms with Crippen molar-refractivity contribution in [1.29, 1.82) is 0 Å². The zero-order valence-corrected chi connectivity index (χ0v) is 15.9. The molecule has 8 nitrogen and oxygen atoms in total. The highest BCUT2D eigenvalue weighted by atomic mass is 32.2. The monoisotopic (exact) mass is 377 g/mol. The van der Waals surface area contributed by atoms with Gasteiger partial charge in [-0.3, -0.25) is 4.79 Å². The Morgan fingerprint density at radius 2 is 2.00 bits per heavy atom. The van der Waals surface area contributed by atoms with E-state index in [9.17, 15) is 9.59 Å². The highest BCUT2D eigenvalue weighted by Crippen LogP contribution is 2.16. The SMILES string of the molecule is CSc1nnc(CCCNC(=O)c2cccc(C(=O)O)n2)n1CC(C)C. The van der Waals surface area contributed by atoms with Gasteiger partial charge in [0.1, 0.15) is 17.2 Å². The Labute approximate surface area is 156 Å². The lowest BCUT2D eigenvalue weighted by atomic mass is 10.2. The summed E-state index contributed by atoms with van der Waals surface area (Å²) in [5.74, 6) is -0.151. The number of nitrogens with zero attached hydrogens (tertiary/aromatic N) is 4. The van der Waals surface area contributed by atoms with Crippen LogP contribution in [-0.2, 0) is 13.0 Å². The Morgan fingerprint density at radius 1 is 1.27 bits per heavy atom. The highest BCUT2D eigenvalue weighted by Gasteiger charge is 2.13. The van der Waals surface area contributed by atoms with E-state index in [2.05, 4.69) is 38.9 Å². The first-order valence-electron chi connectivity index (χ1n) is 8.37. The maximum Gasteiger partial charge on any atom is 0.354 e. The van der Waals surface area contributed by atoms with Gasteiger partial charge >= 0.3 is 5.97 Å². The van der Waals surface area contributed by atoms with Gasteiger partial charge in [0.2, 0.25) is 0 Å². The van der Waals surface area contributed by atoms with Crippen molar-refractivity contribution in [2.75, 3.05) is 12.8 Å². The molecule has 0 atom stereocenters. The maximum absolute atomic E-state index is 12.1. The second-order valence-corrected chi connectivity index (χ2v) is 6.95. The highest BCUT2D eigenvalue weighted by molar-refractivity contribution is 7.98. The number of aromatic carboxylic acids is 1. The fourth-order valence-corrected chi connectivity index (χ4v) is 2.95. The summed E-state index contributed by atoms with van der Waals surface area (Å²) in [5, 5.41) is 21.0. The van der Waals surface area contributed by atoms with Crippen molar-refractivity contribution in [3.8, 4) is 0 Å². The molecule has 0 aromatic carbocycles. The number of carbonyl (C=O) groups excluding carboxylic acids is 1. The van der Waals surface area contributed by atoms with Crippen LogP contribution in [0.5, 0.6) is 0 Å². The summed E-state index contributed by atoms with van der Waals surface area (Å²) < 4.78 is 2.12. The number of amides is 1. The van der Waals surface area contributed by atoms with Crippen LogP contribution in [0.15, 0.2) is 23.4 Å². The van der Waals surface area contributed by atoms with E-state index in [1.54, 1.807) is 11.8 Å². The summed E-state index contributed by atoms with van der Waals surface area (Å²) in [6.07, 6.45) is 3.38. The van der Waals surface area contributed by atoms with E-state index in [0.717, 1.165) is 17.5 Å². The molecule has 9 heteroatoms.